The van der Waals surface area contributed by atoms with Crippen LogP contribution in [-0.2, 0) is 15.8 Å². The van der Waals surface area contributed by atoms with Gasteiger partial charge in [-0.25, -0.2) is 18.4 Å². The van der Waals surface area contributed by atoms with E-state index >= 15 is 0 Å². The summed E-state index contributed by atoms with van der Waals surface area (Å²) in [5.74, 6) is 0.515. The van der Waals surface area contributed by atoms with Gasteiger partial charge >= 0.3 is 0 Å². The van der Waals surface area contributed by atoms with Crippen LogP contribution in [0.1, 0.15) is 18.4 Å². The first-order valence-corrected chi connectivity index (χ1v) is 9.37. The zero-order valence-corrected chi connectivity index (χ0v) is 14.0. The van der Waals surface area contributed by atoms with Crippen LogP contribution >= 0.6 is 11.6 Å². The van der Waals surface area contributed by atoms with Crippen molar-refractivity contribution in [3.8, 4) is 0 Å². The highest BCUT2D eigenvalue weighted by atomic mass is 35.5. The summed E-state index contributed by atoms with van der Waals surface area (Å²) in [6.07, 6.45) is 5.28. The van der Waals surface area contributed by atoms with Crippen molar-refractivity contribution in [2.75, 3.05) is 22.7 Å². The highest BCUT2D eigenvalue weighted by Gasteiger charge is 2.16. The normalized spacial score (nSPS) is 14.9. The first-order chi connectivity index (χ1) is 11.0. The van der Waals surface area contributed by atoms with Gasteiger partial charge in [0.2, 0.25) is 16.0 Å². The minimum Gasteiger partial charge on any atom is -0.341 e. The lowest BCUT2D eigenvalue weighted by Crippen LogP contribution is -2.21. The monoisotopic (exact) mass is 352 g/mol. The Morgan fingerprint density at radius 3 is 2.30 bits per heavy atom. The second kappa shape index (κ2) is 6.72. The number of nitrogens with zero attached hydrogens (tertiary/aromatic N) is 3. The molecule has 1 aliphatic rings. The molecule has 0 aliphatic carbocycles. The number of rotatable bonds is 5. The Labute approximate surface area is 140 Å². The number of aromatic nitrogens is 2. The molecule has 6 nitrogen and oxygen atoms in total. The van der Waals surface area contributed by atoms with Crippen molar-refractivity contribution >= 4 is 33.3 Å². The molecule has 0 saturated carbocycles. The van der Waals surface area contributed by atoms with Gasteiger partial charge < -0.3 is 4.90 Å². The van der Waals surface area contributed by atoms with E-state index in [9.17, 15) is 8.42 Å². The van der Waals surface area contributed by atoms with Crippen LogP contribution in [0.25, 0.3) is 0 Å². The van der Waals surface area contributed by atoms with Crippen molar-refractivity contribution in [1.29, 1.82) is 0 Å². The lowest BCUT2D eigenvalue weighted by Gasteiger charge is -2.15. The number of sulfonamides is 1. The topological polar surface area (TPSA) is 75.2 Å². The summed E-state index contributed by atoms with van der Waals surface area (Å²) in [7, 11) is -3.52. The van der Waals surface area contributed by atoms with E-state index in [1.54, 1.807) is 24.3 Å². The molecule has 2 aromatic rings. The lowest BCUT2D eigenvalue weighted by atomic mass is 10.2. The minimum atomic E-state index is -3.52. The van der Waals surface area contributed by atoms with E-state index in [1.165, 1.54) is 12.4 Å². The standard InChI is InChI=1S/C15H17ClN4O2S/c16-13-5-3-12(4-6-13)11-23(21,22)19-14-9-17-15(18-10-14)20-7-1-2-8-20/h3-6,9-10,19H,1-2,7-8,11H2. The Morgan fingerprint density at radius 1 is 1.09 bits per heavy atom. The van der Waals surface area contributed by atoms with Crippen LogP contribution in [0.4, 0.5) is 11.6 Å². The summed E-state index contributed by atoms with van der Waals surface area (Å²) in [6, 6.07) is 6.71. The summed E-state index contributed by atoms with van der Waals surface area (Å²) in [5.41, 5.74) is 1.03. The first-order valence-electron chi connectivity index (χ1n) is 7.34. The number of hydrogen-bond acceptors (Lipinski definition) is 5. The van der Waals surface area contributed by atoms with Gasteiger partial charge in [0, 0.05) is 18.1 Å². The second-order valence-corrected chi connectivity index (χ2v) is 7.61. The quantitative estimate of drug-likeness (QED) is 0.895. The van der Waals surface area contributed by atoms with Gasteiger partial charge in [0.05, 0.1) is 23.8 Å². The van der Waals surface area contributed by atoms with Gasteiger partial charge in [0.1, 0.15) is 0 Å². The molecule has 1 aromatic carbocycles. The smallest absolute Gasteiger partial charge is 0.237 e. The van der Waals surface area contributed by atoms with Crippen LogP contribution in [0.15, 0.2) is 36.7 Å². The molecule has 1 aliphatic heterocycles. The van der Waals surface area contributed by atoms with Gasteiger partial charge in [-0.15, -0.1) is 0 Å². The lowest BCUT2D eigenvalue weighted by molar-refractivity contribution is 0.600. The number of benzene rings is 1. The Kier molecular flexibility index (Phi) is 4.68. The maximum absolute atomic E-state index is 12.2. The molecular weight excluding hydrogens is 336 g/mol. The maximum atomic E-state index is 12.2. The molecule has 122 valence electrons. The van der Waals surface area contributed by atoms with E-state index in [0.29, 0.717) is 22.2 Å². The molecule has 0 spiro atoms. The molecule has 1 saturated heterocycles. The van der Waals surface area contributed by atoms with Crippen molar-refractivity contribution in [2.24, 2.45) is 0 Å². The van der Waals surface area contributed by atoms with Crippen LogP contribution in [0.3, 0.4) is 0 Å². The third-order valence-corrected chi connectivity index (χ3v) is 5.08. The van der Waals surface area contributed by atoms with E-state index < -0.39 is 10.0 Å². The van der Waals surface area contributed by atoms with Crippen molar-refractivity contribution in [3.05, 3.63) is 47.2 Å². The van der Waals surface area contributed by atoms with E-state index in [-0.39, 0.29) is 5.75 Å². The second-order valence-electron chi connectivity index (χ2n) is 5.45. The van der Waals surface area contributed by atoms with Gasteiger partial charge in [0.15, 0.2) is 0 Å². The molecule has 0 unspecified atom stereocenters. The van der Waals surface area contributed by atoms with Gasteiger partial charge in [-0.2, -0.15) is 0 Å². The zero-order valence-electron chi connectivity index (χ0n) is 12.4. The fourth-order valence-electron chi connectivity index (χ4n) is 2.47. The zero-order chi connectivity index (χ0) is 16.3. The fourth-order valence-corrected chi connectivity index (χ4v) is 3.76. The van der Waals surface area contributed by atoms with Gasteiger partial charge in [-0.05, 0) is 30.5 Å². The van der Waals surface area contributed by atoms with Gasteiger partial charge in [0.25, 0.3) is 0 Å². The summed E-state index contributed by atoms with van der Waals surface area (Å²) in [6.45, 7) is 1.89. The Bertz CT molecular complexity index is 757. The van der Waals surface area contributed by atoms with E-state index in [1.807, 2.05) is 0 Å². The van der Waals surface area contributed by atoms with Crippen molar-refractivity contribution < 1.29 is 8.42 Å². The van der Waals surface area contributed by atoms with Crippen molar-refractivity contribution in [3.63, 3.8) is 0 Å². The van der Waals surface area contributed by atoms with Crippen LogP contribution < -0.4 is 9.62 Å². The fraction of sp³-hybridized carbons (Fsp3) is 0.333. The predicted octanol–water partition coefficient (Wildman–Crippen LogP) is 2.67. The van der Waals surface area contributed by atoms with Crippen LogP contribution in [-0.4, -0.2) is 31.5 Å². The molecule has 8 heteroatoms. The van der Waals surface area contributed by atoms with Crippen LogP contribution in [0.2, 0.25) is 5.02 Å². The largest absolute Gasteiger partial charge is 0.341 e. The van der Waals surface area contributed by atoms with Crippen LogP contribution in [0.5, 0.6) is 0 Å². The average Bonchev–Trinajstić information content (AvgIpc) is 3.04. The number of nitrogens with one attached hydrogen (secondary N) is 1. The third kappa shape index (κ3) is 4.33. The van der Waals surface area contributed by atoms with Crippen molar-refractivity contribution in [2.45, 2.75) is 18.6 Å². The van der Waals surface area contributed by atoms with Gasteiger partial charge in [-0.3, -0.25) is 4.72 Å². The number of halogens is 1. The van der Waals surface area contributed by atoms with E-state index in [2.05, 4.69) is 19.6 Å². The molecule has 2 heterocycles. The predicted molar refractivity (Wildman–Crippen MR) is 91.2 cm³/mol. The molecule has 0 radical (unpaired) electrons. The molecule has 0 atom stereocenters. The molecule has 1 N–H and O–H groups in total. The number of hydrogen-bond donors (Lipinski definition) is 1. The first kappa shape index (κ1) is 16.0. The molecular formula is C15H17ClN4O2S. The average molecular weight is 353 g/mol. The summed E-state index contributed by atoms with van der Waals surface area (Å²) < 4.78 is 26.9. The molecule has 1 aromatic heterocycles. The Morgan fingerprint density at radius 2 is 1.70 bits per heavy atom. The van der Waals surface area contributed by atoms with E-state index in [4.69, 9.17) is 11.6 Å². The number of anilines is 2. The highest BCUT2D eigenvalue weighted by Crippen LogP contribution is 2.18. The minimum absolute atomic E-state index is 0.127. The molecule has 0 amide bonds. The molecule has 0 bridgehead atoms. The molecule has 23 heavy (non-hydrogen) atoms. The van der Waals surface area contributed by atoms with E-state index in [0.717, 1.165) is 25.9 Å². The van der Waals surface area contributed by atoms with Crippen LogP contribution in [0, 0.1) is 0 Å². The molecule has 1 fully saturated rings. The Hall–Kier alpha value is -1.86. The third-order valence-electron chi connectivity index (χ3n) is 3.57. The SMILES string of the molecule is O=S(=O)(Cc1ccc(Cl)cc1)Nc1cnc(N2CCCC2)nc1. The van der Waals surface area contributed by atoms with Gasteiger partial charge in [-0.1, -0.05) is 23.7 Å². The summed E-state index contributed by atoms with van der Waals surface area (Å²) in [5, 5.41) is 0.574. The maximum Gasteiger partial charge on any atom is 0.237 e. The summed E-state index contributed by atoms with van der Waals surface area (Å²) >= 11 is 5.80. The summed E-state index contributed by atoms with van der Waals surface area (Å²) in [4.78, 5) is 10.6. The molecule has 3 rings (SSSR count). The Balaban J connectivity index is 1.66. The van der Waals surface area contributed by atoms with Crippen molar-refractivity contribution in [1.82, 2.24) is 9.97 Å². The highest BCUT2D eigenvalue weighted by molar-refractivity contribution is 7.91.